The summed E-state index contributed by atoms with van der Waals surface area (Å²) in [5.41, 5.74) is 0.540. The van der Waals surface area contributed by atoms with E-state index in [2.05, 4.69) is 9.98 Å². The number of nitrogens with zero attached hydrogens (tertiary/aromatic N) is 2. The zero-order valence-corrected chi connectivity index (χ0v) is 14.1. The van der Waals surface area contributed by atoms with E-state index in [0.29, 0.717) is 0 Å². The molecule has 136 valence electrons. The lowest BCUT2D eigenvalue weighted by molar-refractivity contribution is -0.317. The highest BCUT2D eigenvalue weighted by atomic mass is 16.3. The van der Waals surface area contributed by atoms with Crippen LogP contribution in [0.4, 0.5) is 0 Å². The molecule has 0 heterocycles. The van der Waals surface area contributed by atoms with Crippen LogP contribution < -0.4 is 20.4 Å². The predicted molar refractivity (Wildman–Crippen MR) is 91.9 cm³/mol. The average molecular weight is 350 g/mol. The van der Waals surface area contributed by atoms with Gasteiger partial charge >= 0.3 is 0 Å². The first-order valence-electron chi connectivity index (χ1n) is 8.56. The molecule has 3 rings (SSSR count). The van der Waals surface area contributed by atoms with Crippen LogP contribution in [0.1, 0.15) is 36.8 Å². The minimum Gasteiger partial charge on any atom is -0.873 e. The number of hydrogen-bond acceptors (Lipinski definition) is 6. The van der Waals surface area contributed by atoms with Crippen LogP contribution in [0.15, 0.2) is 46.4 Å². The van der Waals surface area contributed by atoms with E-state index >= 15 is 0 Å². The van der Waals surface area contributed by atoms with E-state index in [0.717, 1.165) is 25.7 Å². The van der Waals surface area contributed by atoms with Crippen LogP contribution in [0.3, 0.4) is 0 Å². The monoisotopic (exact) mass is 350 g/mol. The number of hydrogen-bond donors (Lipinski definition) is 0. The lowest BCUT2D eigenvalue weighted by Crippen LogP contribution is -2.27. The Morgan fingerprint density at radius 3 is 1.54 bits per heavy atom. The van der Waals surface area contributed by atoms with Crippen LogP contribution in [0.25, 0.3) is 0 Å². The summed E-state index contributed by atoms with van der Waals surface area (Å²) in [4.78, 5) is 8.94. The predicted octanol–water partition coefficient (Wildman–Crippen LogP) is 0.830. The van der Waals surface area contributed by atoms with E-state index in [4.69, 9.17) is 0 Å². The zero-order chi connectivity index (χ0) is 18.5. The molecule has 26 heavy (non-hydrogen) atoms. The fourth-order valence-electron chi connectivity index (χ4n) is 3.06. The topological polar surface area (TPSA) is 117 Å². The molecular weight excluding hydrogens is 332 g/mol. The Hall–Kier alpha value is -3.02. The fraction of sp³-hybridized carbons (Fsp3) is 0.300. The molecule has 2 atom stereocenters. The van der Waals surface area contributed by atoms with Gasteiger partial charge in [-0.25, -0.2) is 0 Å². The van der Waals surface area contributed by atoms with Crippen LogP contribution >= 0.6 is 0 Å². The molecule has 0 aliphatic heterocycles. The number of aliphatic imine (C=N–C) groups is 2. The fourth-order valence-corrected chi connectivity index (χ4v) is 3.06. The van der Waals surface area contributed by atoms with Gasteiger partial charge in [0.25, 0.3) is 0 Å². The Morgan fingerprint density at radius 1 is 0.692 bits per heavy atom. The van der Waals surface area contributed by atoms with Crippen molar-refractivity contribution in [1.29, 1.82) is 0 Å². The smallest absolute Gasteiger partial charge is 0.0723 e. The molecule has 0 amide bonds. The number of benzene rings is 2. The highest BCUT2D eigenvalue weighted by Crippen LogP contribution is 2.27. The van der Waals surface area contributed by atoms with Gasteiger partial charge in [-0.1, -0.05) is 49.2 Å². The third kappa shape index (κ3) is 3.96. The molecule has 0 spiro atoms. The molecule has 0 bridgehead atoms. The average Bonchev–Trinajstić information content (AvgIpc) is 2.65. The molecule has 0 radical (unpaired) electrons. The maximum atomic E-state index is 11.8. The summed E-state index contributed by atoms with van der Waals surface area (Å²) < 4.78 is 0. The Bertz CT molecular complexity index is 763. The second-order valence-corrected chi connectivity index (χ2v) is 6.32. The van der Waals surface area contributed by atoms with E-state index in [1.165, 1.54) is 36.7 Å². The molecular formula is C20H18N2O4-4. The quantitative estimate of drug-likeness (QED) is 0.759. The molecule has 2 aromatic rings. The van der Waals surface area contributed by atoms with Gasteiger partial charge in [0.2, 0.25) is 0 Å². The molecule has 2 aromatic carbocycles. The Morgan fingerprint density at radius 2 is 1.12 bits per heavy atom. The number of rotatable bonds is 4. The Kier molecular flexibility index (Phi) is 5.41. The third-order valence-corrected chi connectivity index (χ3v) is 4.52. The van der Waals surface area contributed by atoms with Gasteiger partial charge in [-0.05, 0) is 24.0 Å². The van der Waals surface area contributed by atoms with E-state index in [9.17, 15) is 20.4 Å². The second-order valence-electron chi connectivity index (χ2n) is 6.32. The van der Waals surface area contributed by atoms with Crippen LogP contribution in [-0.2, 0) is 0 Å². The van der Waals surface area contributed by atoms with Crippen molar-refractivity contribution in [3.63, 3.8) is 0 Å². The molecule has 0 saturated heterocycles. The zero-order valence-electron chi connectivity index (χ0n) is 14.1. The first kappa shape index (κ1) is 17.8. The summed E-state index contributed by atoms with van der Waals surface area (Å²) in [6.45, 7) is 0. The molecule has 0 N–H and O–H groups in total. The summed E-state index contributed by atoms with van der Waals surface area (Å²) in [7, 11) is 0. The SMILES string of the molecule is [O-]c1cccc(C=N[C@@H]2CCCC[C@H]2N=Cc2cccc([O-])c2[O-])c1[O-]. The molecule has 0 unspecified atom stereocenters. The van der Waals surface area contributed by atoms with E-state index < -0.39 is 23.0 Å². The summed E-state index contributed by atoms with van der Waals surface area (Å²) in [6, 6.07) is 8.42. The van der Waals surface area contributed by atoms with Crippen LogP contribution in [0.2, 0.25) is 0 Å². The third-order valence-electron chi connectivity index (χ3n) is 4.52. The Labute approximate surface area is 151 Å². The van der Waals surface area contributed by atoms with Gasteiger partial charge in [0.15, 0.2) is 0 Å². The van der Waals surface area contributed by atoms with Gasteiger partial charge in [0, 0.05) is 12.4 Å². The standard InChI is InChI=1S/C20H22N2O4/c23-17-9-3-5-13(19(17)25)11-21-15-7-1-2-8-16(15)22-12-14-6-4-10-18(24)20(14)26/h3-6,9-12,15-16,23-26H,1-2,7-8H2/p-4/t15-,16-/m1/s1. The van der Waals surface area contributed by atoms with Crippen molar-refractivity contribution < 1.29 is 20.4 Å². The molecule has 1 aliphatic rings. The van der Waals surface area contributed by atoms with E-state index in [-0.39, 0.29) is 23.2 Å². The summed E-state index contributed by atoms with van der Waals surface area (Å²) in [5, 5.41) is 46.5. The van der Waals surface area contributed by atoms with Gasteiger partial charge in [-0.2, -0.15) is 0 Å². The first-order valence-corrected chi connectivity index (χ1v) is 8.56. The van der Waals surface area contributed by atoms with Crippen LogP contribution in [0.5, 0.6) is 23.0 Å². The molecule has 1 aliphatic carbocycles. The Balaban J connectivity index is 1.77. The van der Waals surface area contributed by atoms with Crippen LogP contribution in [-0.4, -0.2) is 24.5 Å². The molecule has 6 heteroatoms. The minimum absolute atomic E-state index is 0.125. The highest BCUT2D eigenvalue weighted by Gasteiger charge is 2.23. The van der Waals surface area contributed by atoms with Crippen molar-refractivity contribution in [2.24, 2.45) is 9.98 Å². The van der Waals surface area contributed by atoms with Crippen molar-refractivity contribution in [3.8, 4) is 23.0 Å². The van der Waals surface area contributed by atoms with E-state index in [1.54, 1.807) is 12.1 Å². The molecule has 1 saturated carbocycles. The lowest BCUT2D eigenvalue weighted by atomic mass is 9.91. The summed E-state index contributed by atoms with van der Waals surface area (Å²) in [5.74, 6) is -2.22. The van der Waals surface area contributed by atoms with E-state index in [1.807, 2.05) is 0 Å². The van der Waals surface area contributed by atoms with Crippen molar-refractivity contribution in [2.75, 3.05) is 0 Å². The van der Waals surface area contributed by atoms with Gasteiger partial charge in [-0.15, -0.1) is 23.0 Å². The van der Waals surface area contributed by atoms with Gasteiger partial charge in [0.05, 0.1) is 12.1 Å². The lowest BCUT2D eigenvalue weighted by Gasteiger charge is -2.26. The highest BCUT2D eigenvalue weighted by molar-refractivity contribution is 5.85. The van der Waals surface area contributed by atoms with Gasteiger partial charge < -0.3 is 20.4 Å². The molecule has 0 aromatic heterocycles. The maximum Gasteiger partial charge on any atom is 0.0723 e. The van der Waals surface area contributed by atoms with Crippen molar-refractivity contribution in [2.45, 2.75) is 37.8 Å². The largest absolute Gasteiger partial charge is 0.873 e. The van der Waals surface area contributed by atoms with Gasteiger partial charge in [0.1, 0.15) is 0 Å². The normalized spacial score (nSPS) is 20.8. The second kappa shape index (κ2) is 7.91. The van der Waals surface area contributed by atoms with Crippen molar-refractivity contribution in [1.82, 2.24) is 0 Å². The van der Waals surface area contributed by atoms with Crippen molar-refractivity contribution >= 4 is 12.4 Å². The van der Waals surface area contributed by atoms with Crippen LogP contribution in [0, 0.1) is 0 Å². The maximum absolute atomic E-state index is 11.8. The first-order chi connectivity index (χ1) is 12.6. The van der Waals surface area contributed by atoms with Crippen molar-refractivity contribution in [3.05, 3.63) is 47.5 Å². The summed E-state index contributed by atoms with van der Waals surface area (Å²) >= 11 is 0. The molecule has 1 fully saturated rings. The summed E-state index contributed by atoms with van der Waals surface area (Å²) in [6.07, 6.45) is 6.52. The number of para-hydroxylation sites is 2. The molecule has 6 nitrogen and oxygen atoms in total. The minimum atomic E-state index is -0.560. The van der Waals surface area contributed by atoms with Gasteiger partial charge in [-0.3, -0.25) is 9.98 Å².